The molecule has 0 aliphatic heterocycles. The molecule has 0 saturated heterocycles. The van der Waals surface area contributed by atoms with Crippen LogP contribution in [0.3, 0.4) is 0 Å². The summed E-state index contributed by atoms with van der Waals surface area (Å²) in [4.78, 5) is 11.9. The van der Waals surface area contributed by atoms with E-state index in [-0.39, 0.29) is 5.41 Å². The van der Waals surface area contributed by atoms with Crippen molar-refractivity contribution in [1.29, 1.82) is 0 Å². The van der Waals surface area contributed by atoms with Crippen LogP contribution in [0.1, 0.15) is 36.1 Å². The van der Waals surface area contributed by atoms with Gasteiger partial charge < -0.3 is 0 Å². The maximum absolute atomic E-state index is 4.81. The molecule has 0 radical (unpaired) electrons. The van der Waals surface area contributed by atoms with Crippen LogP contribution < -0.4 is 0 Å². The molecule has 0 unspecified atom stereocenters. The van der Waals surface area contributed by atoms with Gasteiger partial charge in [0.2, 0.25) is 0 Å². The van der Waals surface area contributed by atoms with Crippen LogP contribution in [0, 0.1) is 0 Å². The SMILES string of the molecule is CSc1nccc(C23CC(N(Cc4ccccc4)Cc4ccccc4)(C2)C3)n1. The summed E-state index contributed by atoms with van der Waals surface area (Å²) in [6, 6.07) is 23.9. The number of hydrogen-bond acceptors (Lipinski definition) is 4. The average molecular weight is 388 g/mol. The summed E-state index contributed by atoms with van der Waals surface area (Å²) >= 11 is 1.63. The number of hydrogen-bond donors (Lipinski definition) is 0. The predicted molar refractivity (Wildman–Crippen MR) is 114 cm³/mol. The van der Waals surface area contributed by atoms with Crippen molar-refractivity contribution in [3.63, 3.8) is 0 Å². The fourth-order valence-electron chi connectivity index (χ4n) is 5.07. The van der Waals surface area contributed by atoms with Crippen LogP contribution in [0.4, 0.5) is 0 Å². The molecule has 3 saturated carbocycles. The predicted octanol–water partition coefficient (Wildman–Crippen LogP) is 5.08. The fraction of sp³-hybridized carbons (Fsp3) is 0.333. The van der Waals surface area contributed by atoms with Gasteiger partial charge in [-0.1, -0.05) is 72.4 Å². The average Bonchev–Trinajstić information content (AvgIpc) is 2.68. The summed E-state index contributed by atoms with van der Waals surface area (Å²) in [7, 11) is 0. The van der Waals surface area contributed by atoms with Gasteiger partial charge in [-0.05, 0) is 42.7 Å². The molecule has 142 valence electrons. The van der Waals surface area contributed by atoms with Crippen LogP contribution in [-0.2, 0) is 18.5 Å². The summed E-state index contributed by atoms with van der Waals surface area (Å²) < 4.78 is 0. The number of thioether (sulfide) groups is 1. The standard InChI is InChI=1S/C24H25N3S/c1-28-22-25-13-12-21(26-22)23-16-24(17-23,18-23)27(14-19-8-4-2-5-9-19)15-20-10-6-3-7-11-20/h2-13H,14-18H2,1H3. The van der Waals surface area contributed by atoms with Gasteiger partial charge in [-0.25, -0.2) is 9.97 Å². The van der Waals surface area contributed by atoms with Crippen molar-refractivity contribution in [2.75, 3.05) is 6.26 Å². The molecule has 0 spiro atoms. The van der Waals surface area contributed by atoms with Gasteiger partial charge in [0.25, 0.3) is 0 Å². The Kier molecular flexibility index (Phi) is 4.48. The van der Waals surface area contributed by atoms with Crippen molar-refractivity contribution in [3.05, 3.63) is 89.7 Å². The molecule has 0 N–H and O–H groups in total. The molecule has 3 aliphatic rings. The Bertz CT molecular complexity index is 897. The molecule has 2 bridgehead atoms. The van der Waals surface area contributed by atoms with Gasteiger partial charge >= 0.3 is 0 Å². The van der Waals surface area contributed by atoms with Crippen LogP contribution in [0.5, 0.6) is 0 Å². The maximum Gasteiger partial charge on any atom is 0.187 e. The van der Waals surface area contributed by atoms with Crippen LogP contribution in [0.15, 0.2) is 78.1 Å². The van der Waals surface area contributed by atoms with Gasteiger partial charge in [0.05, 0.1) is 5.69 Å². The number of benzene rings is 2. The molecule has 0 atom stereocenters. The normalized spacial score (nSPS) is 25.2. The number of nitrogens with zero attached hydrogens (tertiary/aromatic N) is 3. The zero-order valence-corrected chi connectivity index (χ0v) is 17.0. The second-order valence-corrected chi connectivity index (χ2v) is 9.06. The highest BCUT2D eigenvalue weighted by molar-refractivity contribution is 7.98. The molecule has 0 amide bonds. The molecular weight excluding hydrogens is 362 g/mol. The van der Waals surface area contributed by atoms with Crippen molar-refractivity contribution in [2.24, 2.45) is 0 Å². The molecule has 1 heterocycles. The molecule has 3 aliphatic carbocycles. The quantitative estimate of drug-likeness (QED) is 0.418. The second-order valence-electron chi connectivity index (χ2n) is 8.29. The number of rotatable bonds is 7. The second kappa shape index (κ2) is 7.02. The van der Waals surface area contributed by atoms with E-state index in [1.54, 1.807) is 11.8 Å². The molecule has 1 aromatic heterocycles. The van der Waals surface area contributed by atoms with Crippen molar-refractivity contribution in [1.82, 2.24) is 14.9 Å². The van der Waals surface area contributed by atoms with Crippen molar-refractivity contribution in [2.45, 2.75) is 48.5 Å². The summed E-state index contributed by atoms with van der Waals surface area (Å²) in [5.74, 6) is 0. The lowest BCUT2D eigenvalue weighted by molar-refractivity contribution is -0.180. The molecule has 6 rings (SSSR count). The minimum Gasteiger partial charge on any atom is -0.289 e. The molecular formula is C24H25N3S. The zero-order valence-electron chi connectivity index (χ0n) is 16.2. The smallest absolute Gasteiger partial charge is 0.187 e. The minimum atomic E-state index is 0.277. The molecule has 3 nitrogen and oxygen atoms in total. The Morgan fingerprint density at radius 2 is 1.43 bits per heavy atom. The van der Waals surface area contributed by atoms with E-state index in [4.69, 9.17) is 4.98 Å². The van der Waals surface area contributed by atoms with E-state index in [2.05, 4.69) is 76.6 Å². The maximum atomic E-state index is 4.81. The molecule has 3 aromatic rings. The van der Waals surface area contributed by atoms with Gasteiger partial charge in [-0.3, -0.25) is 4.90 Å². The Morgan fingerprint density at radius 1 is 0.857 bits per heavy atom. The monoisotopic (exact) mass is 387 g/mol. The summed E-state index contributed by atoms with van der Waals surface area (Å²) in [5, 5.41) is 0.890. The minimum absolute atomic E-state index is 0.277. The molecule has 28 heavy (non-hydrogen) atoms. The van der Waals surface area contributed by atoms with Crippen LogP contribution in [-0.4, -0.2) is 26.7 Å². The van der Waals surface area contributed by atoms with Gasteiger partial charge in [0, 0.05) is 30.2 Å². The lowest BCUT2D eigenvalue weighted by atomic mass is 9.37. The number of aromatic nitrogens is 2. The fourth-order valence-corrected chi connectivity index (χ4v) is 5.43. The Balaban J connectivity index is 1.37. The summed E-state index contributed by atoms with van der Waals surface area (Å²) in [5.41, 5.74) is 4.62. The summed E-state index contributed by atoms with van der Waals surface area (Å²) in [6.45, 7) is 2.01. The van der Waals surface area contributed by atoms with E-state index in [9.17, 15) is 0 Å². The Hall–Kier alpha value is -2.17. The topological polar surface area (TPSA) is 29.0 Å². The first-order chi connectivity index (χ1) is 13.7. The third-order valence-corrected chi connectivity index (χ3v) is 7.03. The van der Waals surface area contributed by atoms with E-state index < -0.39 is 0 Å². The lowest BCUT2D eigenvalue weighted by Gasteiger charge is -2.74. The van der Waals surface area contributed by atoms with Gasteiger partial charge in [0.15, 0.2) is 5.16 Å². The van der Waals surface area contributed by atoms with Gasteiger partial charge in [-0.2, -0.15) is 0 Å². The molecule has 2 aromatic carbocycles. The van der Waals surface area contributed by atoms with Gasteiger partial charge in [-0.15, -0.1) is 0 Å². The van der Waals surface area contributed by atoms with E-state index in [1.807, 2.05) is 12.5 Å². The summed E-state index contributed by atoms with van der Waals surface area (Å²) in [6.07, 6.45) is 7.61. The van der Waals surface area contributed by atoms with Crippen LogP contribution in [0.2, 0.25) is 0 Å². The first-order valence-electron chi connectivity index (χ1n) is 9.92. The van der Waals surface area contributed by atoms with E-state index >= 15 is 0 Å². The third kappa shape index (κ3) is 3.05. The first kappa shape index (κ1) is 17.9. The largest absolute Gasteiger partial charge is 0.289 e. The third-order valence-electron chi connectivity index (χ3n) is 6.47. The highest BCUT2D eigenvalue weighted by atomic mass is 32.2. The van der Waals surface area contributed by atoms with E-state index in [0.29, 0.717) is 5.54 Å². The highest BCUT2D eigenvalue weighted by Gasteiger charge is 2.71. The van der Waals surface area contributed by atoms with Crippen molar-refractivity contribution in [3.8, 4) is 0 Å². The van der Waals surface area contributed by atoms with E-state index in [0.717, 1.165) is 18.2 Å². The van der Waals surface area contributed by atoms with Crippen molar-refractivity contribution >= 4 is 11.8 Å². The first-order valence-corrected chi connectivity index (χ1v) is 11.1. The highest BCUT2D eigenvalue weighted by Crippen LogP contribution is 2.70. The molecule has 3 fully saturated rings. The van der Waals surface area contributed by atoms with E-state index in [1.165, 1.54) is 36.1 Å². The Morgan fingerprint density at radius 3 is 1.96 bits per heavy atom. The molecule has 4 heteroatoms. The van der Waals surface area contributed by atoms with Crippen LogP contribution >= 0.6 is 11.8 Å². The zero-order chi connectivity index (χ0) is 19.0. The van der Waals surface area contributed by atoms with Gasteiger partial charge in [0.1, 0.15) is 0 Å². The van der Waals surface area contributed by atoms with Crippen LogP contribution in [0.25, 0.3) is 0 Å². The lowest BCUT2D eigenvalue weighted by Crippen LogP contribution is -2.76. The Labute approximate surface area is 171 Å². The van der Waals surface area contributed by atoms with Crippen molar-refractivity contribution < 1.29 is 0 Å².